The number of para-hydroxylation sites is 1. The van der Waals surface area contributed by atoms with Gasteiger partial charge in [-0.15, -0.1) is 6.58 Å². The number of carbonyl (C=O) groups is 1. The number of nitrogens with one attached hydrogen (secondary N) is 2. The van der Waals surface area contributed by atoms with E-state index in [0.29, 0.717) is 12.2 Å². The van der Waals surface area contributed by atoms with Crippen LogP contribution in [-0.4, -0.2) is 17.4 Å². The summed E-state index contributed by atoms with van der Waals surface area (Å²) < 4.78 is 0. The Hall–Kier alpha value is -2.62. The Morgan fingerprint density at radius 2 is 2.00 bits per heavy atom. The van der Waals surface area contributed by atoms with Crippen molar-refractivity contribution in [1.82, 2.24) is 4.98 Å². The Bertz CT molecular complexity index is 567. The number of carbonyl (C=O) groups excluding carboxylic acids is 1. The monoisotopic (exact) mass is 253 g/mol. The van der Waals surface area contributed by atoms with Gasteiger partial charge in [-0.25, -0.2) is 0 Å². The lowest BCUT2D eigenvalue weighted by molar-refractivity contribution is 0.102. The summed E-state index contributed by atoms with van der Waals surface area (Å²) in [6, 6.07) is 12.8. The van der Waals surface area contributed by atoms with E-state index in [-0.39, 0.29) is 5.91 Å². The number of nitrogens with zero attached hydrogens (tertiary/aromatic N) is 1. The molecule has 2 aromatic rings. The number of benzene rings is 1. The SMILES string of the molecule is C=CCNc1ccnc(C(=O)Nc2ccccc2)c1. The second kappa shape index (κ2) is 6.35. The number of amides is 1. The highest BCUT2D eigenvalue weighted by molar-refractivity contribution is 6.03. The van der Waals surface area contributed by atoms with Gasteiger partial charge in [-0.3, -0.25) is 9.78 Å². The Kier molecular flexibility index (Phi) is 4.29. The predicted octanol–water partition coefficient (Wildman–Crippen LogP) is 2.93. The minimum atomic E-state index is -0.228. The zero-order chi connectivity index (χ0) is 13.5. The molecule has 0 unspecified atom stereocenters. The van der Waals surface area contributed by atoms with Gasteiger partial charge in [0.15, 0.2) is 0 Å². The Morgan fingerprint density at radius 1 is 1.21 bits per heavy atom. The van der Waals surface area contributed by atoms with Crippen molar-refractivity contribution in [3.63, 3.8) is 0 Å². The van der Waals surface area contributed by atoms with Crippen molar-refractivity contribution < 1.29 is 4.79 Å². The van der Waals surface area contributed by atoms with E-state index in [1.807, 2.05) is 36.4 Å². The van der Waals surface area contributed by atoms with Gasteiger partial charge < -0.3 is 10.6 Å². The first kappa shape index (κ1) is 12.8. The maximum Gasteiger partial charge on any atom is 0.274 e. The molecule has 0 radical (unpaired) electrons. The first-order valence-electron chi connectivity index (χ1n) is 5.97. The lowest BCUT2D eigenvalue weighted by Gasteiger charge is -2.07. The summed E-state index contributed by atoms with van der Waals surface area (Å²) in [5.41, 5.74) is 1.96. The molecule has 0 fully saturated rings. The molecular formula is C15H15N3O. The van der Waals surface area contributed by atoms with Gasteiger partial charge in [0.25, 0.3) is 5.91 Å². The molecule has 2 rings (SSSR count). The van der Waals surface area contributed by atoms with Gasteiger partial charge in [-0.1, -0.05) is 24.3 Å². The maximum atomic E-state index is 12.0. The summed E-state index contributed by atoms with van der Waals surface area (Å²) in [6.45, 7) is 4.27. The van der Waals surface area contributed by atoms with E-state index in [1.165, 1.54) is 0 Å². The summed E-state index contributed by atoms with van der Waals surface area (Å²) in [5.74, 6) is -0.228. The molecule has 1 aromatic carbocycles. The third-order valence-corrected chi connectivity index (χ3v) is 2.47. The van der Waals surface area contributed by atoms with Crippen LogP contribution in [0.2, 0.25) is 0 Å². The molecular weight excluding hydrogens is 238 g/mol. The molecule has 0 saturated heterocycles. The van der Waals surface area contributed by atoms with Crippen molar-refractivity contribution in [3.8, 4) is 0 Å². The number of pyridine rings is 1. The van der Waals surface area contributed by atoms with E-state index in [4.69, 9.17) is 0 Å². The van der Waals surface area contributed by atoms with E-state index in [9.17, 15) is 4.79 Å². The molecule has 1 aromatic heterocycles. The van der Waals surface area contributed by atoms with Gasteiger partial charge in [0.1, 0.15) is 5.69 Å². The van der Waals surface area contributed by atoms with E-state index in [2.05, 4.69) is 22.2 Å². The van der Waals surface area contributed by atoms with Gasteiger partial charge >= 0.3 is 0 Å². The first-order valence-corrected chi connectivity index (χ1v) is 5.97. The lowest BCUT2D eigenvalue weighted by Crippen LogP contribution is -2.14. The second-order valence-corrected chi connectivity index (χ2v) is 3.92. The van der Waals surface area contributed by atoms with Crippen LogP contribution in [0.3, 0.4) is 0 Å². The largest absolute Gasteiger partial charge is 0.381 e. The third-order valence-electron chi connectivity index (χ3n) is 2.47. The van der Waals surface area contributed by atoms with E-state index in [0.717, 1.165) is 11.4 Å². The van der Waals surface area contributed by atoms with Crippen LogP contribution in [0, 0.1) is 0 Å². The molecule has 2 N–H and O–H groups in total. The van der Waals surface area contributed by atoms with Crippen LogP contribution in [0.5, 0.6) is 0 Å². The zero-order valence-corrected chi connectivity index (χ0v) is 10.5. The Balaban J connectivity index is 2.08. The molecule has 0 spiro atoms. The number of anilines is 2. The van der Waals surface area contributed by atoms with Crippen molar-refractivity contribution in [3.05, 3.63) is 67.0 Å². The van der Waals surface area contributed by atoms with Gasteiger partial charge in [-0.2, -0.15) is 0 Å². The van der Waals surface area contributed by atoms with E-state index in [1.54, 1.807) is 18.3 Å². The first-order chi connectivity index (χ1) is 9.29. The molecule has 1 heterocycles. The van der Waals surface area contributed by atoms with Crippen molar-refractivity contribution in [1.29, 1.82) is 0 Å². The topological polar surface area (TPSA) is 54.0 Å². The average Bonchev–Trinajstić information content (AvgIpc) is 2.46. The minimum Gasteiger partial charge on any atom is -0.381 e. The highest BCUT2D eigenvalue weighted by Crippen LogP contribution is 2.11. The molecule has 96 valence electrons. The van der Waals surface area contributed by atoms with Crippen molar-refractivity contribution in [2.45, 2.75) is 0 Å². The standard InChI is InChI=1S/C15H15N3O/c1-2-9-16-13-8-10-17-14(11-13)15(19)18-12-6-4-3-5-7-12/h2-8,10-11H,1,9H2,(H,16,17)(H,18,19). The summed E-state index contributed by atoms with van der Waals surface area (Å²) in [4.78, 5) is 16.1. The molecule has 0 saturated carbocycles. The number of aromatic nitrogens is 1. The molecule has 0 aliphatic rings. The number of hydrogen-bond acceptors (Lipinski definition) is 3. The molecule has 0 bridgehead atoms. The number of hydrogen-bond donors (Lipinski definition) is 2. The lowest BCUT2D eigenvalue weighted by atomic mass is 10.2. The van der Waals surface area contributed by atoms with Crippen molar-refractivity contribution in [2.24, 2.45) is 0 Å². The van der Waals surface area contributed by atoms with Crippen LogP contribution in [-0.2, 0) is 0 Å². The van der Waals surface area contributed by atoms with Crippen molar-refractivity contribution in [2.75, 3.05) is 17.2 Å². The van der Waals surface area contributed by atoms with Crippen LogP contribution in [0.4, 0.5) is 11.4 Å². The van der Waals surface area contributed by atoms with E-state index < -0.39 is 0 Å². The fourth-order valence-corrected chi connectivity index (χ4v) is 1.57. The summed E-state index contributed by atoms with van der Waals surface area (Å²) in [5, 5.41) is 5.91. The Morgan fingerprint density at radius 3 is 2.74 bits per heavy atom. The minimum absolute atomic E-state index is 0.228. The molecule has 0 aliphatic carbocycles. The molecule has 0 aliphatic heterocycles. The smallest absolute Gasteiger partial charge is 0.274 e. The van der Waals surface area contributed by atoms with Gasteiger partial charge in [0, 0.05) is 24.1 Å². The maximum absolute atomic E-state index is 12.0. The normalized spacial score (nSPS) is 9.68. The molecule has 4 nitrogen and oxygen atoms in total. The van der Waals surface area contributed by atoms with E-state index >= 15 is 0 Å². The fraction of sp³-hybridized carbons (Fsp3) is 0.0667. The predicted molar refractivity (Wildman–Crippen MR) is 77.3 cm³/mol. The fourth-order valence-electron chi connectivity index (χ4n) is 1.57. The summed E-state index contributed by atoms with van der Waals surface area (Å²) in [6.07, 6.45) is 3.36. The van der Waals surface area contributed by atoms with Crippen LogP contribution in [0.25, 0.3) is 0 Å². The Labute approximate surface area is 112 Å². The van der Waals surface area contributed by atoms with Gasteiger partial charge in [0.2, 0.25) is 0 Å². The summed E-state index contributed by atoms with van der Waals surface area (Å²) in [7, 11) is 0. The molecule has 1 amide bonds. The average molecular weight is 253 g/mol. The zero-order valence-electron chi connectivity index (χ0n) is 10.5. The van der Waals surface area contributed by atoms with Crippen LogP contribution >= 0.6 is 0 Å². The quantitative estimate of drug-likeness (QED) is 0.805. The van der Waals surface area contributed by atoms with Gasteiger partial charge in [-0.05, 0) is 24.3 Å². The van der Waals surface area contributed by atoms with Crippen LogP contribution < -0.4 is 10.6 Å². The molecule has 19 heavy (non-hydrogen) atoms. The number of rotatable bonds is 5. The van der Waals surface area contributed by atoms with Crippen LogP contribution in [0.15, 0.2) is 61.3 Å². The van der Waals surface area contributed by atoms with Crippen molar-refractivity contribution >= 4 is 17.3 Å². The summed E-state index contributed by atoms with van der Waals surface area (Å²) >= 11 is 0. The highest BCUT2D eigenvalue weighted by Gasteiger charge is 2.07. The molecule has 4 heteroatoms. The van der Waals surface area contributed by atoms with Crippen LogP contribution in [0.1, 0.15) is 10.5 Å². The highest BCUT2D eigenvalue weighted by atomic mass is 16.1. The third kappa shape index (κ3) is 3.67. The second-order valence-electron chi connectivity index (χ2n) is 3.92. The molecule has 0 atom stereocenters. The van der Waals surface area contributed by atoms with Gasteiger partial charge in [0.05, 0.1) is 0 Å².